The highest BCUT2D eigenvalue weighted by Crippen LogP contribution is 2.33. The number of anilines is 2. The van der Waals surface area contributed by atoms with Crippen LogP contribution in [-0.4, -0.2) is 58.6 Å². The van der Waals surface area contributed by atoms with Crippen LogP contribution in [0.2, 0.25) is 0 Å². The Morgan fingerprint density at radius 2 is 0.875 bits per heavy atom. The molecule has 3 aromatic rings. The van der Waals surface area contributed by atoms with Gasteiger partial charge >= 0.3 is 0 Å². The van der Waals surface area contributed by atoms with Crippen LogP contribution in [0.3, 0.4) is 0 Å². The van der Waals surface area contributed by atoms with Crippen LogP contribution in [-0.2, 0) is 45.1 Å². The van der Waals surface area contributed by atoms with Crippen molar-refractivity contribution in [3.05, 3.63) is 95.1 Å². The molecule has 3 aromatic carbocycles. The van der Waals surface area contributed by atoms with Crippen molar-refractivity contribution in [3.8, 4) is 0 Å². The summed E-state index contributed by atoms with van der Waals surface area (Å²) in [6.45, 7) is 2.76. The van der Waals surface area contributed by atoms with Crippen molar-refractivity contribution >= 4 is 35.0 Å². The highest BCUT2D eigenvalue weighted by Gasteiger charge is 2.45. The van der Waals surface area contributed by atoms with Crippen LogP contribution in [0.5, 0.6) is 0 Å². The van der Waals surface area contributed by atoms with E-state index in [2.05, 4.69) is 34.1 Å². The van der Waals surface area contributed by atoms with E-state index in [0.29, 0.717) is 24.5 Å². The number of hydrogen-bond acceptors (Lipinski definition) is 6. The second-order valence-corrected chi connectivity index (χ2v) is 11.1. The molecule has 2 fully saturated rings. The van der Waals surface area contributed by atoms with Gasteiger partial charge in [-0.05, 0) is 59.4 Å². The molecule has 0 aromatic heterocycles. The first-order valence-corrected chi connectivity index (χ1v) is 13.9. The van der Waals surface area contributed by atoms with Gasteiger partial charge in [0, 0.05) is 26.2 Å². The minimum absolute atomic E-state index is 0.145. The predicted octanol–water partition coefficient (Wildman–Crippen LogP) is 3.07. The molecule has 0 radical (unpaired) electrons. The third-order valence-electron chi connectivity index (χ3n) is 8.81. The van der Waals surface area contributed by atoms with Gasteiger partial charge in [0.1, 0.15) is 0 Å². The molecule has 7 rings (SSSR count). The van der Waals surface area contributed by atoms with Crippen LogP contribution in [0.4, 0.5) is 11.4 Å². The molecule has 8 heteroatoms. The SMILES string of the molecule is O=C1CC(N2CCc3ccccc3C2)C(=O)N1c1ccc(N2C(=O)CC(N3CCc4ccccc4C3)C2=O)cc1. The Hall–Kier alpha value is -4.14. The lowest BCUT2D eigenvalue weighted by Crippen LogP contribution is -2.44. The third-order valence-corrected chi connectivity index (χ3v) is 8.81. The molecule has 4 heterocycles. The van der Waals surface area contributed by atoms with Crippen LogP contribution < -0.4 is 9.80 Å². The van der Waals surface area contributed by atoms with Gasteiger partial charge in [0.15, 0.2) is 0 Å². The third kappa shape index (κ3) is 4.15. The lowest BCUT2D eigenvalue weighted by molar-refractivity contribution is -0.124. The number of benzene rings is 3. The summed E-state index contributed by atoms with van der Waals surface area (Å²) in [4.78, 5) is 59.5. The van der Waals surface area contributed by atoms with Gasteiger partial charge in [-0.3, -0.25) is 29.0 Å². The fourth-order valence-electron chi connectivity index (χ4n) is 6.66. The normalized spacial score (nSPS) is 23.6. The van der Waals surface area contributed by atoms with Gasteiger partial charge in [-0.1, -0.05) is 48.5 Å². The molecule has 8 nitrogen and oxygen atoms in total. The molecule has 2 unspecified atom stereocenters. The van der Waals surface area contributed by atoms with Gasteiger partial charge in [-0.25, -0.2) is 9.80 Å². The number of rotatable bonds is 4. The lowest BCUT2D eigenvalue weighted by Gasteiger charge is -2.32. The Morgan fingerprint density at radius 1 is 0.500 bits per heavy atom. The zero-order chi connectivity index (χ0) is 27.4. The second kappa shape index (κ2) is 9.80. The summed E-state index contributed by atoms with van der Waals surface area (Å²) in [5, 5.41) is 0. The number of hydrogen-bond donors (Lipinski definition) is 0. The van der Waals surface area contributed by atoms with Crippen molar-refractivity contribution in [2.24, 2.45) is 0 Å². The van der Waals surface area contributed by atoms with Crippen LogP contribution in [0.1, 0.15) is 35.1 Å². The molecular weight excluding hydrogens is 504 g/mol. The quantitative estimate of drug-likeness (QED) is 0.479. The molecule has 0 spiro atoms. The molecule has 2 atom stereocenters. The van der Waals surface area contributed by atoms with E-state index in [-0.39, 0.29) is 36.5 Å². The van der Waals surface area contributed by atoms with Crippen molar-refractivity contribution in [3.63, 3.8) is 0 Å². The fraction of sp³-hybridized carbons (Fsp3) is 0.312. The molecule has 40 heavy (non-hydrogen) atoms. The van der Waals surface area contributed by atoms with E-state index in [1.165, 1.54) is 32.1 Å². The summed E-state index contributed by atoms with van der Waals surface area (Å²) in [6, 6.07) is 22.1. The monoisotopic (exact) mass is 534 g/mol. The van der Waals surface area contributed by atoms with E-state index in [1.807, 2.05) is 24.3 Å². The van der Waals surface area contributed by atoms with Gasteiger partial charge < -0.3 is 0 Å². The molecule has 4 aliphatic heterocycles. The van der Waals surface area contributed by atoms with Crippen molar-refractivity contribution in [1.29, 1.82) is 0 Å². The number of imide groups is 2. The summed E-state index contributed by atoms with van der Waals surface area (Å²) >= 11 is 0. The highest BCUT2D eigenvalue weighted by atomic mass is 16.2. The summed E-state index contributed by atoms with van der Waals surface area (Å²) in [5.74, 6) is -0.924. The molecule has 0 aliphatic carbocycles. The van der Waals surface area contributed by atoms with E-state index >= 15 is 0 Å². The van der Waals surface area contributed by atoms with Crippen LogP contribution >= 0.6 is 0 Å². The van der Waals surface area contributed by atoms with Crippen molar-refractivity contribution < 1.29 is 19.2 Å². The topological polar surface area (TPSA) is 81.2 Å². The zero-order valence-corrected chi connectivity index (χ0v) is 22.2. The predicted molar refractivity (Wildman–Crippen MR) is 149 cm³/mol. The van der Waals surface area contributed by atoms with E-state index < -0.39 is 12.1 Å². The first kappa shape index (κ1) is 24.9. The maximum Gasteiger partial charge on any atom is 0.251 e. The van der Waals surface area contributed by atoms with Gasteiger partial charge in [-0.15, -0.1) is 0 Å². The Kier molecular flexibility index (Phi) is 6.09. The lowest BCUT2D eigenvalue weighted by atomic mass is 9.98. The first-order valence-electron chi connectivity index (χ1n) is 13.9. The smallest absolute Gasteiger partial charge is 0.251 e. The number of nitrogens with zero attached hydrogens (tertiary/aromatic N) is 4. The van der Waals surface area contributed by atoms with E-state index in [0.717, 1.165) is 25.9 Å². The van der Waals surface area contributed by atoms with Crippen molar-refractivity contribution in [1.82, 2.24) is 9.80 Å². The maximum atomic E-state index is 13.4. The number of carbonyl (C=O) groups excluding carboxylic acids is 4. The summed E-state index contributed by atoms with van der Waals surface area (Å²) < 4.78 is 0. The molecule has 4 amide bonds. The minimum atomic E-state index is -0.488. The standard InChI is InChI=1S/C32H30N4O4/c37-29-17-27(33-15-13-21-5-1-3-7-23(21)19-33)31(39)35(29)25-9-11-26(12-10-25)36-30(38)18-28(32(36)40)34-16-14-22-6-2-4-8-24(22)20-34/h1-12,27-28H,13-20H2. The van der Waals surface area contributed by atoms with Crippen LogP contribution in [0.25, 0.3) is 0 Å². The molecule has 202 valence electrons. The zero-order valence-electron chi connectivity index (χ0n) is 22.2. The maximum absolute atomic E-state index is 13.4. The highest BCUT2D eigenvalue weighted by molar-refractivity contribution is 6.24. The minimum Gasteiger partial charge on any atom is -0.287 e. The van der Waals surface area contributed by atoms with E-state index in [1.54, 1.807) is 24.3 Å². The van der Waals surface area contributed by atoms with Crippen molar-refractivity contribution in [2.75, 3.05) is 22.9 Å². The van der Waals surface area contributed by atoms with Gasteiger partial charge in [0.05, 0.1) is 36.3 Å². The molecule has 2 saturated heterocycles. The van der Waals surface area contributed by atoms with Gasteiger partial charge in [-0.2, -0.15) is 0 Å². The van der Waals surface area contributed by atoms with Crippen LogP contribution in [0, 0.1) is 0 Å². The average molecular weight is 535 g/mol. The molecule has 0 N–H and O–H groups in total. The van der Waals surface area contributed by atoms with Gasteiger partial charge in [0.25, 0.3) is 11.8 Å². The van der Waals surface area contributed by atoms with Crippen LogP contribution in [0.15, 0.2) is 72.8 Å². The van der Waals surface area contributed by atoms with Gasteiger partial charge in [0.2, 0.25) is 11.8 Å². The molecule has 4 aliphatic rings. The van der Waals surface area contributed by atoms with E-state index in [9.17, 15) is 19.2 Å². The molecule has 0 bridgehead atoms. The first-order chi connectivity index (χ1) is 19.5. The number of carbonyl (C=O) groups is 4. The number of amides is 4. The fourth-order valence-corrected chi connectivity index (χ4v) is 6.66. The Labute approximate surface area is 232 Å². The summed E-state index contributed by atoms with van der Waals surface area (Å²) in [5.41, 5.74) is 5.90. The van der Waals surface area contributed by atoms with E-state index in [4.69, 9.17) is 0 Å². The second-order valence-electron chi connectivity index (χ2n) is 11.1. The average Bonchev–Trinajstić information content (AvgIpc) is 3.45. The summed E-state index contributed by atoms with van der Waals surface area (Å²) in [7, 11) is 0. The number of fused-ring (bicyclic) bond motifs is 2. The summed E-state index contributed by atoms with van der Waals surface area (Å²) in [6.07, 6.45) is 2.00. The Balaban J connectivity index is 1.05. The Bertz CT molecular complexity index is 1420. The Morgan fingerprint density at radius 3 is 1.27 bits per heavy atom. The largest absolute Gasteiger partial charge is 0.287 e. The molecular formula is C32H30N4O4. The van der Waals surface area contributed by atoms with Crippen molar-refractivity contribution in [2.45, 2.75) is 50.9 Å². The molecule has 0 saturated carbocycles.